The lowest BCUT2D eigenvalue weighted by atomic mass is 10.2. The van der Waals surface area contributed by atoms with E-state index in [1.54, 1.807) is 74.9 Å². The highest BCUT2D eigenvalue weighted by Gasteiger charge is 2.35. The Labute approximate surface area is 212 Å². The summed E-state index contributed by atoms with van der Waals surface area (Å²) >= 11 is 1.14. The molecular weight excluding hydrogens is 518 g/mol. The standard InChI is InChI=1S/C25H21N3O4S.BrH/c1-31-20-12-8-18(9-13-20)27-25-28(19-10-14-21(32-2)15-11-19)24(30)22(33-25)16-23(29)26-17-6-4-3-5-7-17;/h3-16H,1-2H3,(H,26,29);1H/p-1/b22-16-,27-25?;. The number of carbonyl (C=O) groups excluding carboxylic acids is 2. The summed E-state index contributed by atoms with van der Waals surface area (Å²) in [6, 6.07) is 23.3. The molecule has 0 bridgehead atoms. The van der Waals surface area contributed by atoms with E-state index in [-0.39, 0.29) is 27.8 Å². The van der Waals surface area contributed by atoms with Crippen molar-refractivity contribution < 1.29 is 36.0 Å². The van der Waals surface area contributed by atoms with Crippen LogP contribution in [0.5, 0.6) is 11.5 Å². The minimum absolute atomic E-state index is 0. The van der Waals surface area contributed by atoms with Gasteiger partial charge in [0, 0.05) is 11.8 Å². The molecule has 0 aliphatic carbocycles. The van der Waals surface area contributed by atoms with Crippen molar-refractivity contribution in [1.29, 1.82) is 0 Å². The van der Waals surface area contributed by atoms with E-state index in [4.69, 9.17) is 9.47 Å². The van der Waals surface area contributed by atoms with Crippen LogP contribution >= 0.6 is 11.8 Å². The molecule has 0 unspecified atom stereocenters. The number of methoxy groups -OCH3 is 2. The van der Waals surface area contributed by atoms with Gasteiger partial charge in [-0.15, -0.1) is 0 Å². The van der Waals surface area contributed by atoms with Gasteiger partial charge < -0.3 is 31.8 Å². The molecule has 1 saturated heterocycles. The SMILES string of the molecule is COc1ccc(N=C2S/C(=C\C(=O)Nc3ccccc3)C(=O)N2c2ccc(OC)cc2)cc1.[Br-]. The molecule has 9 heteroatoms. The molecule has 0 aromatic heterocycles. The first-order chi connectivity index (χ1) is 16.1. The van der Waals surface area contributed by atoms with Crippen molar-refractivity contribution in [1.82, 2.24) is 0 Å². The number of anilines is 2. The molecule has 2 amide bonds. The smallest absolute Gasteiger partial charge is 0.271 e. The van der Waals surface area contributed by atoms with Crippen LogP contribution in [0.2, 0.25) is 0 Å². The van der Waals surface area contributed by atoms with Gasteiger partial charge in [0.2, 0.25) is 5.91 Å². The van der Waals surface area contributed by atoms with Gasteiger partial charge in [-0.25, -0.2) is 4.99 Å². The van der Waals surface area contributed by atoms with Gasteiger partial charge in [-0.3, -0.25) is 14.5 Å². The summed E-state index contributed by atoms with van der Waals surface area (Å²) in [6.45, 7) is 0. The molecule has 0 spiro atoms. The summed E-state index contributed by atoms with van der Waals surface area (Å²) in [7, 11) is 3.17. The molecule has 4 rings (SSSR count). The number of hydrogen-bond donors (Lipinski definition) is 1. The Morgan fingerprint density at radius 2 is 1.50 bits per heavy atom. The van der Waals surface area contributed by atoms with Crippen molar-refractivity contribution in [2.24, 2.45) is 4.99 Å². The molecule has 1 aliphatic rings. The van der Waals surface area contributed by atoms with Gasteiger partial charge in [-0.2, -0.15) is 0 Å². The first kappa shape index (κ1) is 25.1. The summed E-state index contributed by atoms with van der Waals surface area (Å²) < 4.78 is 10.4. The van der Waals surface area contributed by atoms with E-state index in [1.807, 2.05) is 18.2 Å². The second-order valence-corrected chi connectivity index (χ2v) is 7.91. The maximum atomic E-state index is 13.3. The molecule has 0 atom stereocenters. The third kappa shape index (κ3) is 5.86. The van der Waals surface area contributed by atoms with Crippen LogP contribution in [0.3, 0.4) is 0 Å². The van der Waals surface area contributed by atoms with E-state index < -0.39 is 5.91 Å². The average Bonchev–Trinajstić information content (AvgIpc) is 3.14. The monoisotopic (exact) mass is 538 g/mol. The van der Waals surface area contributed by atoms with E-state index >= 15 is 0 Å². The van der Waals surface area contributed by atoms with Crippen LogP contribution in [0.15, 0.2) is 94.8 Å². The highest BCUT2D eigenvalue weighted by Crippen LogP contribution is 2.37. The summed E-state index contributed by atoms with van der Waals surface area (Å²) in [5.41, 5.74) is 1.92. The number of carbonyl (C=O) groups is 2. The second-order valence-electron chi connectivity index (χ2n) is 6.90. The van der Waals surface area contributed by atoms with Crippen LogP contribution in [0, 0.1) is 0 Å². The Kier molecular flexibility index (Phi) is 8.50. The predicted molar refractivity (Wildman–Crippen MR) is 131 cm³/mol. The van der Waals surface area contributed by atoms with Crippen molar-refractivity contribution >= 4 is 45.8 Å². The first-order valence-corrected chi connectivity index (χ1v) is 10.9. The summed E-state index contributed by atoms with van der Waals surface area (Å²) in [6.07, 6.45) is 1.30. The van der Waals surface area contributed by atoms with Gasteiger partial charge in [-0.05, 0) is 72.4 Å². The van der Waals surface area contributed by atoms with Gasteiger partial charge in [-0.1, -0.05) is 18.2 Å². The minimum atomic E-state index is -0.391. The number of benzene rings is 3. The third-order valence-corrected chi connectivity index (χ3v) is 5.71. The number of nitrogens with zero attached hydrogens (tertiary/aromatic N) is 2. The van der Waals surface area contributed by atoms with Gasteiger partial charge in [0.15, 0.2) is 5.17 Å². The Morgan fingerprint density at radius 1 is 0.912 bits per heavy atom. The Balaban J connectivity index is 0.00000324. The van der Waals surface area contributed by atoms with Crippen LogP contribution in [0.25, 0.3) is 0 Å². The van der Waals surface area contributed by atoms with Crippen molar-refractivity contribution in [2.45, 2.75) is 0 Å². The predicted octanol–water partition coefficient (Wildman–Crippen LogP) is 2.00. The molecule has 0 saturated carbocycles. The lowest BCUT2D eigenvalue weighted by molar-refractivity contribution is -0.115. The molecule has 1 fully saturated rings. The summed E-state index contributed by atoms with van der Waals surface area (Å²) in [5.74, 6) is 0.655. The van der Waals surface area contributed by atoms with Crippen molar-refractivity contribution in [3.05, 3.63) is 89.8 Å². The third-order valence-electron chi connectivity index (χ3n) is 4.74. The molecule has 34 heavy (non-hydrogen) atoms. The molecule has 7 nitrogen and oxygen atoms in total. The average molecular weight is 539 g/mol. The number of amidine groups is 1. The number of halogens is 1. The Hall–Kier alpha value is -3.56. The molecule has 3 aromatic carbocycles. The summed E-state index contributed by atoms with van der Waals surface area (Å²) in [4.78, 5) is 32.2. The van der Waals surface area contributed by atoms with Crippen LogP contribution in [0.4, 0.5) is 17.1 Å². The van der Waals surface area contributed by atoms with Crippen LogP contribution < -0.4 is 36.7 Å². The fourth-order valence-corrected chi connectivity index (χ4v) is 4.07. The number of ether oxygens (including phenoxy) is 2. The van der Waals surface area contributed by atoms with E-state index in [0.717, 1.165) is 11.8 Å². The number of amides is 2. The number of nitrogens with one attached hydrogen (secondary N) is 1. The maximum absolute atomic E-state index is 13.3. The number of thioether (sulfide) groups is 1. The Bertz CT molecular complexity index is 1210. The van der Waals surface area contributed by atoms with E-state index in [2.05, 4.69) is 10.3 Å². The van der Waals surface area contributed by atoms with Gasteiger partial charge >= 0.3 is 0 Å². The lowest BCUT2D eigenvalue weighted by Gasteiger charge is -2.16. The highest BCUT2D eigenvalue weighted by molar-refractivity contribution is 8.19. The molecular formula is C25H21BrN3O4S-. The molecule has 1 N–H and O–H groups in total. The topological polar surface area (TPSA) is 80.2 Å². The zero-order valence-electron chi connectivity index (χ0n) is 18.4. The van der Waals surface area contributed by atoms with E-state index in [1.165, 1.54) is 11.0 Å². The maximum Gasteiger partial charge on any atom is 0.271 e. The van der Waals surface area contributed by atoms with Gasteiger partial charge in [0.05, 0.1) is 30.5 Å². The van der Waals surface area contributed by atoms with Crippen LogP contribution in [0.1, 0.15) is 0 Å². The largest absolute Gasteiger partial charge is 1.00 e. The first-order valence-electron chi connectivity index (χ1n) is 10.0. The lowest BCUT2D eigenvalue weighted by Crippen LogP contribution is -3.00. The fraction of sp³-hybridized carbons (Fsp3) is 0.0800. The normalized spacial score (nSPS) is 15.2. The minimum Gasteiger partial charge on any atom is -1.00 e. The zero-order chi connectivity index (χ0) is 23.2. The number of para-hydroxylation sites is 1. The fourth-order valence-electron chi connectivity index (χ4n) is 3.09. The van der Waals surface area contributed by atoms with Crippen molar-refractivity contribution in [3.8, 4) is 11.5 Å². The Morgan fingerprint density at radius 3 is 2.09 bits per heavy atom. The summed E-state index contributed by atoms with van der Waals surface area (Å²) in [5, 5.41) is 3.21. The number of aliphatic imine (C=N–C) groups is 1. The van der Waals surface area contributed by atoms with Gasteiger partial charge in [0.25, 0.3) is 5.91 Å². The molecule has 3 aromatic rings. The zero-order valence-corrected chi connectivity index (χ0v) is 20.8. The van der Waals surface area contributed by atoms with E-state index in [0.29, 0.717) is 33.7 Å². The highest BCUT2D eigenvalue weighted by atomic mass is 79.9. The molecule has 174 valence electrons. The number of hydrogen-bond acceptors (Lipinski definition) is 6. The molecule has 1 heterocycles. The van der Waals surface area contributed by atoms with Crippen LogP contribution in [-0.2, 0) is 9.59 Å². The molecule has 1 aliphatic heterocycles. The quantitative estimate of drug-likeness (QED) is 0.485. The molecule has 0 radical (unpaired) electrons. The van der Waals surface area contributed by atoms with Crippen LogP contribution in [-0.4, -0.2) is 31.2 Å². The number of rotatable bonds is 6. The van der Waals surface area contributed by atoms with Crippen molar-refractivity contribution in [3.63, 3.8) is 0 Å². The second kappa shape index (κ2) is 11.5. The van der Waals surface area contributed by atoms with Gasteiger partial charge in [0.1, 0.15) is 11.5 Å². The van der Waals surface area contributed by atoms with Crippen molar-refractivity contribution in [2.75, 3.05) is 24.4 Å². The van der Waals surface area contributed by atoms with E-state index in [9.17, 15) is 9.59 Å².